The predicted molar refractivity (Wildman–Crippen MR) is 36.3 cm³/mol. The predicted octanol–water partition coefficient (Wildman–Crippen LogP) is 1.82. The maximum atomic E-state index is 10.3. The maximum absolute atomic E-state index is 10.3. The Morgan fingerprint density at radius 2 is 2.22 bits per heavy atom. The molecule has 0 aromatic carbocycles. The average molecular weight is 128 g/mol. The van der Waals surface area contributed by atoms with Crippen LogP contribution in [0.5, 0.6) is 0 Å². The third kappa shape index (κ3) is 2.90. The van der Waals surface area contributed by atoms with Crippen molar-refractivity contribution in [1.82, 2.24) is 0 Å². The monoisotopic (exact) mass is 128 g/mol. The van der Waals surface area contributed by atoms with E-state index in [1.165, 1.54) is 0 Å². The van der Waals surface area contributed by atoms with E-state index in [2.05, 4.69) is 0 Å². The van der Waals surface area contributed by atoms with E-state index in [0.717, 1.165) is 6.42 Å². The number of carboxylic acids is 1. The summed E-state index contributed by atoms with van der Waals surface area (Å²) in [6, 6.07) is 0. The molecule has 0 unspecified atom stereocenters. The van der Waals surface area contributed by atoms with E-state index in [9.17, 15) is 4.79 Å². The molecule has 0 saturated heterocycles. The van der Waals surface area contributed by atoms with Gasteiger partial charge in [-0.25, -0.2) is 4.79 Å². The summed E-state index contributed by atoms with van der Waals surface area (Å²) in [4.78, 5) is 10.3. The van der Waals surface area contributed by atoms with Crippen molar-refractivity contribution < 1.29 is 9.90 Å². The molecule has 0 radical (unpaired) electrons. The number of hydrogen-bond donors (Lipinski definition) is 1. The van der Waals surface area contributed by atoms with Gasteiger partial charge >= 0.3 is 5.97 Å². The molecule has 52 valence electrons. The first-order valence-electron chi connectivity index (χ1n) is 3.10. The van der Waals surface area contributed by atoms with Crippen LogP contribution < -0.4 is 0 Å². The van der Waals surface area contributed by atoms with Crippen LogP contribution in [0, 0.1) is 0 Å². The van der Waals surface area contributed by atoms with Gasteiger partial charge in [0.1, 0.15) is 0 Å². The Morgan fingerprint density at radius 1 is 1.67 bits per heavy atom. The molecule has 0 aromatic heterocycles. The van der Waals surface area contributed by atoms with E-state index in [4.69, 9.17) is 5.11 Å². The molecular formula is C7H12O2. The van der Waals surface area contributed by atoms with Gasteiger partial charge in [-0.05, 0) is 13.3 Å². The van der Waals surface area contributed by atoms with Crippen LogP contribution in [0.25, 0.3) is 0 Å². The highest BCUT2D eigenvalue weighted by Gasteiger charge is 2.01. The summed E-state index contributed by atoms with van der Waals surface area (Å²) in [6.07, 6.45) is 3.21. The summed E-state index contributed by atoms with van der Waals surface area (Å²) in [6.45, 7) is 3.71. The minimum atomic E-state index is -0.792. The Balaban J connectivity index is 3.85. The first kappa shape index (κ1) is 8.21. The van der Waals surface area contributed by atoms with E-state index >= 15 is 0 Å². The molecule has 0 saturated carbocycles. The van der Waals surface area contributed by atoms with Gasteiger partial charge in [-0.2, -0.15) is 0 Å². The molecule has 2 heteroatoms. The van der Waals surface area contributed by atoms with Crippen molar-refractivity contribution in [2.75, 3.05) is 0 Å². The van der Waals surface area contributed by atoms with Crippen molar-refractivity contribution in [2.45, 2.75) is 26.7 Å². The first-order chi connectivity index (χ1) is 4.22. The van der Waals surface area contributed by atoms with Gasteiger partial charge in [0.15, 0.2) is 0 Å². The summed E-state index contributed by atoms with van der Waals surface area (Å²) in [5.41, 5.74) is 0.512. The minimum Gasteiger partial charge on any atom is -0.478 e. The number of carboxylic acid groups (broad SMARTS) is 1. The molecule has 0 bridgehead atoms. The zero-order valence-electron chi connectivity index (χ0n) is 5.85. The molecule has 0 atom stereocenters. The number of aliphatic carboxylic acids is 1. The largest absolute Gasteiger partial charge is 0.478 e. The van der Waals surface area contributed by atoms with Gasteiger partial charge in [0, 0.05) is 5.57 Å². The molecule has 2 nitrogen and oxygen atoms in total. The molecular weight excluding hydrogens is 116 g/mol. The van der Waals surface area contributed by atoms with Crippen molar-refractivity contribution in [2.24, 2.45) is 0 Å². The van der Waals surface area contributed by atoms with E-state index in [1.807, 2.05) is 6.92 Å². The Bertz CT molecular complexity index is 125. The second-order valence-corrected chi connectivity index (χ2v) is 1.87. The van der Waals surface area contributed by atoms with Crippen LogP contribution in [-0.4, -0.2) is 11.1 Å². The molecule has 0 amide bonds. The molecule has 0 aliphatic rings. The third-order valence-corrected chi connectivity index (χ3v) is 1.14. The lowest BCUT2D eigenvalue weighted by Crippen LogP contribution is -1.98. The quantitative estimate of drug-likeness (QED) is 0.588. The van der Waals surface area contributed by atoms with Crippen molar-refractivity contribution in [3.05, 3.63) is 11.6 Å². The lowest BCUT2D eigenvalue weighted by molar-refractivity contribution is -0.132. The Kier molecular flexibility index (Phi) is 3.76. The lowest BCUT2D eigenvalue weighted by atomic mass is 10.1. The van der Waals surface area contributed by atoms with Crippen LogP contribution in [0.4, 0.5) is 0 Å². The van der Waals surface area contributed by atoms with Gasteiger partial charge in [-0.3, -0.25) is 0 Å². The summed E-state index contributed by atoms with van der Waals surface area (Å²) in [5, 5.41) is 8.44. The van der Waals surface area contributed by atoms with Gasteiger partial charge in [-0.1, -0.05) is 19.4 Å². The normalized spacial score (nSPS) is 11.6. The number of hydrogen-bond acceptors (Lipinski definition) is 1. The molecule has 0 fully saturated rings. The zero-order valence-corrected chi connectivity index (χ0v) is 5.85. The topological polar surface area (TPSA) is 37.3 Å². The Labute approximate surface area is 55.2 Å². The van der Waals surface area contributed by atoms with E-state index in [1.54, 1.807) is 13.0 Å². The molecule has 9 heavy (non-hydrogen) atoms. The molecule has 0 rings (SSSR count). The van der Waals surface area contributed by atoms with Crippen LogP contribution in [-0.2, 0) is 4.79 Å². The average Bonchev–Trinajstić information content (AvgIpc) is 1.82. The second-order valence-electron chi connectivity index (χ2n) is 1.87. The third-order valence-electron chi connectivity index (χ3n) is 1.14. The maximum Gasteiger partial charge on any atom is 0.331 e. The Morgan fingerprint density at radius 3 is 2.33 bits per heavy atom. The standard InChI is InChI=1S/C7H12O2/c1-3-5-6(4-2)7(8)9/h4H,3,5H2,1-2H3,(H,8,9). The smallest absolute Gasteiger partial charge is 0.331 e. The van der Waals surface area contributed by atoms with Gasteiger partial charge in [0.2, 0.25) is 0 Å². The van der Waals surface area contributed by atoms with E-state index in [-0.39, 0.29) is 0 Å². The van der Waals surface area contributed by atoms with Gasteiger partial charge in [0.25, 0.3) is 0 Å². The van der Waals surface area contributed by atoms with Crippen molar-refractivity contribution in [3.63, 3.8) is 0 Å². The van der Waals surface area contributed by atoms with Crippen LogP contribution >= 0.6 is 0 Å². The first-order valence-corrected chi connectivity index (χ1v) is 3.10. The molecule has 0 aliphatic carbocycles. The zero-order chi connectivity index (χ0) is 7.28. The fourth-order valence-corrected chi connectivity index (χ4v) is 0.644. The Hall–Kier alpha value is -0.790. The van der Waals surface area contributed by atoms with Crippen LogP contribution in [0.2, 0.25) is 0 Å². The second kappa shape index (κ2) is 4.13. The highest BCUT2D eigenvalue weighted by atomic mass is 16.4. The minimum absolute atomic E-state index is 0.512. The van der Waals surface area contributed by atoms with E-state index < -0.39 is 5.97 Å². The fourth-order valence-electron chi connectivity index (χ4n) is 0.644. The van der Waals surface area contributed by atoms with Crippen LogP contribution in [0.1, 0.15) is 26.7 Å². The summed E-state index contributed by atoms with van der Waals surface area (Å²) in [5.74, 6) is -0.792. The highest BCUT2D eigenvalue weighted by Crippen LogP contribution is 2.03. The lowest BCUT2D eigenvalue weighted by Gasteiger charge is -1.95. The van der Waals surface area contributed by atoms with Crippen LogP contribution in [0.15, 0.2) is 11.6 Å². The van der Waals surface area contributed by atoms with Gasteiger partial charge in [-0.15, -0.1) is 0 Å². The van der Waals surface area contributed by atoms with Crippen LogP contribution in [0.3, 0.4) is 0 Å². The summed E-state index contributed by atoms with van der Waals surface area (Å²) < 4.78 is 0. The molecule has 1 N–H and O–H groups in total. The van der Waals surface area contributed by atoms with Crippen molar-refractivity contribution in [1.29, 1.82) is 0 Å². The number of rotatable bonds is 3. The number of allylic oxidation sites excluding steroid dienone is 1. The fraction of sp³-hybridized carbons (Fsp3) is 0.571. The SMILES string of the molecule is CC=C(CCC)C(=O)O. The summed E-state index contributed by atoms with van der Waals surface area (Å²) in [7, 11) is 0. The molecule has 0 aliphatic heterocycles. The van der Waals surface area contributed by atoms with Crippen molar-refractivity contribution >= 4 is 5.97 Å². The summed E-state index contributed by atoms with van der Waals surface area (Å²) >= 11 is 0. The molecule has 0 spiro atoms. The number of carbonyl (C=O) groups is 1. The molecule has 0 aromatic rings. The van der Waals surface area contributed by atoms with Gasteiger partial charge < -0.3 is 5.11 Å². The van der Waals surface area contributed by atoms with E-state index in [0.29, 0.717) is 12.0 Å². The highest BCUT2D eigenvalue weighted by molar-refractivity contribution is 5.86. The molecule has 0 heterocycles. The van der Waals surface area contributed by atoms with Crippen molar-refractivity contribution in [3.8, 4) is 0 Å². The van der Waals surface area contributed by atoms with Gasteiger partial charge in [0.05, 0.1) is 0 Å².